The summed E-state index contributed by atoms with van der Waals surface area (Å²) in [6.45, 7) is 3.89. The van der Waals surface area contributed by atoms with Gasteiger partial charge in [0.05, 0.1) is 37.5 Å². The molecule has 2 aliphatic heterocycles. The van der Waals surface area contributed by atoms with Gasteiger partial charge in [-0.15, -0.1) is 0 Å². The van der Waals surface area contributed by atoms with Gasteiger partial charge in [-0.3, -0.25) is 4.79 Å². The van der Waals surface area contributed by atoms with Crippen LogP contribution in [-0.2, 0) is 11.3 Å². The summed E-state index contributed by atoms with van der Waals surface area (Å²) in [5.74, 6) is 1.23. The second-order valence-corrected chi connectivity index (χ2v) is 9.30. The molecule has 35 heavy (non-hydrogen) atoms. The van der Waals surface area contributed by atoms with Crippen molar-refractivity contribution in [3.63, 3.8) is 0 Å². The molecule has 10 nitrogen and oxygen atoms in total. The van der Waals surface area contributed by atoms with Crippen LogP contribution in [0, 0.1) is 0 Å². The number of aromatic nitrogens is 2. The molecule has 0 aliphatic carbocycles. The number of aliphatic hydroxyl groups excluding tert-OH is 1. The van der Waals surface area contributed by atoms with E-state index in [0.29, 0.717) is 47.8 Å². The maximum Gasteiger partial charge on any atom is 0.256 e. The van der Waals surface area contributed by atoms with Gasteiger partial charge in [-0.2, -0.15) is 4.98 Å². The highest BCUT2D eigenvalue weighted by Crippen LogP contribution is 2.27. The van der Waals surface area contributed by atoms with Gasteiger partial charge in [-0.1, -0.05) is 17.7 Å². The lowest BCUT2D eigenvalue weighted by Gasteiger charge is -2.30. The van der Waals surface area contributed by atoms with Gasteiger partial charge in [0.15, 0.2) is 0 Å². The van der Waals surface area contributed by atoms with Crippen LogP contribution in [0.2, 0.25) is 5.02 Å². The Kier molecular flexibility index (Phi) is 8.61. The van der Waals surface area contributed by atoms with Gasteiger partial charge in [-0.25, -0.2) is 4.98 Å². The number of hydrogen-bond acceptors (Lipinski definition) is 9. The first kappa shape index (κ1) is 25.4. The molecule has 1 amide bonds. The second kappa shape index (κ2) is 11.9. The predicted molar refractivity (Wildman–Crippen MR) is 134 cm³/mol. The van der Waals surface area contributed by atoms with E-state index in [9.17, 15) is 9.90 Å². The molecule has 0 saturated carbocycles. The number of carbonyl (C=O) groups is 1. The van der Waals surface area contributed by atoms with E-state index in [1.165, 1.54) is 0 Å². The van der Waals surface area contributed by atoms with Crippen molar-refractivity contribution in [1.29, 1.82) is 0 Å². The maximum atomic E-state index is 13.1. The molecular weight excluding hydrogens is 472 g/mol. The summed E-state index contributed by atoms with van der Waals surface area (Å²) in [5, 5.41) is 16.5. The largest absolute Gasteiger partial charge is 0.495 e. The number of amides is 1. The van der Waals surface area contributed by atoms with E-state index >= 15 is 0 Å². The Hall–Kier alpha value is -2.66. The van der Waals surface area contributed by atoms with Crippen LogP contribution in [-0.4, -0.2) is 91.6 Å². The Bertz CT molecular complexity index is 1030. The normalized spacial score (nSPS) is 20.6. The van der Waals surface area contributed by atoms with Gasteiger partial charge in [0.25, 0.3) is 5.91 Å². The number of nitrogens with one attached hydrogen (secondary N) is 2. The fourth-order valence-electron chi connectivity index (χ4n) is 4.40. The summed E-state index contributed by atoms with van der Waals surface area (Å²) in [4.78, 5) is 26.4. The molecule has 190 valence electrons. The topological polar surface area (TPSA) is 112 Å². The number of hydrogen-bond donors (Lipinski definition) is 3. The third-order valence-corrected chi connectivity index (χ3v) is 6.67. The number of rotatable bonds is 9. The first-order chi connectivity index (χ1) is 17.0. The number of likely N-dealkylation sites (N-methyl/N-ethyl adjacent to an activating group) is 1. The number of carbonyl (C=O) groups excluding carboxylic acids is 1. The lowest BCUT2D eigenvalue weighted by atomic mass is 10.2. The van der Waals surface area contributed by atoms with Gasteiger partial charge in [-0.05, 0) is 37.6 Å². The average molecular weight is 505 g/mol. The van der Waals surface area contributed by atoms with Crippen LogP contribution in [0.1, 0.15) is 28.8 Å². The lowest BCUT2D eigenvalue weighted by molar-refractivity contribution is -0.0175. The summed E-state index contributed by atoms with van der Waals surface area (Å²) >= 11 is 6.27. The van der Waals surface area contributed by atoms with Crippen molar-refractivity contribution in [2.45, 2.75) is 31.5 Å². The van der Waals surface area contributed by atoms with Crippen LogP contribution >= 0.6 is 11.6 Å². The standard InChI is InChI=1S/C24H33ClN6O4/c1-30-8-9-35-18(14-30)12-27-23(33)19-13-28-24(31-7-3-4-17(31)15-32)29-22(19)26-11-16-5-6-21(34-2)20(25)10-16/h5-6,10,13,17-18,32H,3-4,7-9,11-12,14-15H2,1-2H3,(H,27,33)(H,26,28,29)/t17-,18-/m0/s1. The minimum absolute atomic E-state index is 0.0247. The molecule has 2 aromatic rings. The quantitative estimate of drug-likeness (QED) is 0.470. The third kappa shape index (κ3) is 6.32. The Labute approximate surface area is 210 Å². The monoisotopic (exact) mass is 504 g/mol. The fraction of sp³-hybridized carbons (Fsp3) is 0.542. The predicted octanol–water partition coefficient (Wildman–Crippen LogP) is 1.77. The smallest absolute Gasteiger partial charge is 0.256 e. The van der Waals surface area contributed by atoms with Gasteiger partial charge < -0.3 is 35.0 Å². The van der Waals surface area contributed by atoms with Crippen LogP contribution in [0.25, 0.3) is 0 Å². The molecule has 2 aliphatic rings. The van der Waals surface area contributed by atoms with Crippen molar-refractivity contribution in [2.24, 2.45) is 0 Å². The van der Waals surface area contributed by atoms with Crippen LogP contribution < -0.4 is 20.3 Å². The first-order valence-electron chi connectivity index (χ1n) is 11.9. The van der Waals surface area contributed by atoms with Crippen LogP contribution in [0.4, 0.5) is 11.8 Å². The number of methoxy groups -OCH3 is 1. The highest BCUT2D eigenvalue weighted by Gasteiger charge is 2.27. The number of aliphatic hydroxyl groups is 1. The molecular formula is C24H33ClN6O4. The van der Waals surface area contributed by atoms with E-state index in [1.807, 2.05) is 24.1 Å². The molecule has 0 radical (unpaired) electrons. The zero-order valence-electron chi connectivity index (χ0n) is 20.2. The van der Waals surface area contributed by atoms with Crippen molar-refractivity contribution in [3.05, 3.63) is 40.5 Å². The number of morpholine rings is 1. The van der Waals surface area contributed by atoms with Crippen LogP contribution in [0.5, 0.6) is 5.75 Å². The van der Waals surface area contributed by atoms with Crippen molar-refractivity contribution >= 4 is 29.3 Å². The van der Waals surface area contributed by atoms with Crippen LogP contribution in [0.15, 0.2) is 24.4 Å². The highest BCUT2D eigenvalue weighted by atomic mass is 35.5. The number of benzene rings is 1. The molecule has 0 spiro atoms. The second-order valence-electron chi connectivity index (χ2n) is 8.89. The summed E-state index contributed by atoms with van der Waals surface area (Å²) in [5.41, 5.74) is 1.26. The summed E-state index contributed by atoms with van der Waals surface area (Å²) < 4.78 is 11.0. The molecule has 1 aromatic carbocycles. The number of nitrogens with zero attached hydrogens (tertiary/aromatic N) is 4. The Morgan fingerprint density at radius 3 is 2.97 bits per heavy atom. The van der Waals surface area contributed by atoms with Gasteiger partial charge in [0.2, 0.25) is 5.95 Å². The third-order valence-electron chi connectivity index (χ3n) is 6.37. The fourth-order valence-corrected chi connectivity index (χ4v) is 4.68. The average Bonchev–Trinajstić information content (AvgIpc) is 3.35. The summed E-state index contributed by atoms with van der Waals surface area (Å²) in [6.07, 6.45) is 3.32. The Balaban J connectivity index is 1.52. The SMILES string of the molecule is COc1ccc(CNc2nc(N3CCC[C@H]3CO)ncc2C(=O)NC[C@H]2CN(C)CCO2)cc1Cl. The summed E-state index contributed by atoms with van der Waals surface area (Å²) in [6, 6.07) is 5.49. The van der Waals surface area contributed by atoms with E-state index in [1.54, 1.807) is 19.4 Å². The number of anilines is 2. The zero-order valence-corrected chi connectivity index (χ0v) is 20.9. The van der Waals surface area contributed by atoms with E-state index < -0.39 is 0 Å². The molecule has 11 heteroatoms. The van der Waals surface area contributed by atoms with E-state index in [0.717, 1.165) is 38.0 Å². The zero-order chi connectivity index (χ0) is 24.8. The van der Waals surface area contributed by atoms with E-state index in [2.05, 4.69) is 25.5 Å². The van der Waals surface area contributed by atoms with E-state index in [4.69, 9.17) is 21.1 Å². The minimum Gasteiger partial charge on any atom is -0.495 e. The molecule has 0 unspecified atom stereocenters. The maximum absolute atomic E-state index is 13.1. The molecule has 2 atom stereocenters. The van der Waals surface area contributed by atoms with Gasteiger partial charge in [0.1, 0.15) is 17.1 Å². The molecule has 2 fully saturated rings. The first-order valence-corrected chi connectivity index (χ1v) is 12.3. The molecule has 4 rings (SSSR count). The summed E-state index contributed by atoms with van der Waals surface area (Å²) in [7, 11) is 3.61. The van der Waals surface area contributed by atoms with Gasteiger partial charge >= 0.3 is 0 Å². The highest BCUT2D eigenvalue weighted by molar-refractivity contribution is 6.32. The lowest BCUT2D eigenvalue weighted by Crippen LogP contribution is -2.46. The number of halogens is 1. The van der Waals surface area contributed by atoms with Crippen molar-refractivity contribution in [1.82, 2.24) is 20.2 Å². The molecule has 3 heterocycles. The Morgan fingerprint density at radius 2 is 2.23 bits per heavy atom. The van der Waals surface area contributed by atoms with Crippen molar-refractivity contribution < 1.29 is 19.4 Å². The molecule has 2 saturated heterocycles. The van der Waals surface area contributed by atoms with Crippen molar-refractivity contribution in [2.75, 3.05) is 63.8 Å². The van der Waals surface area contributed by atoms with Crippen LogP contribution in [0.3, 0.4) is 0 Å². The number of ether oxygens (including phenoxy) is 2. The Morgan fingerprint density at radius 1 is 1.37 bits per heavy atom. The molecule has 3 N–H and O–H groups in total. The van der Waals surface area contributed by atoms with Gasteiger partial charge in [0, 0.05) is 38.9 Å². The molecule has 0 bridgehead atoms. The van der Waals surface area contributed by atoms with Crippen molar-refractivity contribution in [3.8, 4) is 5.75 Å². The molecule has 1 aromatic heterocycles. The minimum atomic E-state index is -0.274. The van der Waals surface area contributed by atoms with E-state index in [-0.39, 0.29) is 24.7 Å².